The van der Waals surface area contributed by atoms with E-state index in [1.807, 2.05) is 109 Å². The highest BCUT2D eigenvalue weighted by molar-refractivity contribution is 5.22. The normalized spacial score (nSPS) is 31.0. The van der Waals surface area contributed by atoms with Crippen molar-refractivity contribution in [1.82, 2.24) is 0 Å². The summed E-state index contributed by atoms with van der Waals surface area (Å²) in [6.07, 6.45) is 49.0. The van der Waals surface area contributed by atoms with Gasteiger partial charge in [-0.25, -0.2) is 0 Å². The van der Waals surface area contributed by atoms with Crippen LogP contribution in [0.1, 0.15) is 19.3 Å². The summed E-state index contributed by atoms with van der Waals surface area (Å²) >= 11 is 0. The van der Waals surface area contributed by atoms with Gasteiger partial charge < -0.3 is 0 Å². The van der Waals surface area contributed by atoms with Gasteiger partial charge in [0.05, 0.1) is 0 Å². The highest BCUT2D eigenvalue weighted by Gasteiger charge is 1.79. The minimum absolute atomic E-state index is 0.985. The number of rotatable bonds is 0. The first-order valence-corrected chi connectivity index (χ1v) is 8.72. The maximum absolute atomic E-state index is 3.28. The second kappa shape index (κ2) is 17.5. The van der Waals surface area contributed by atoms with Crippen LogP contribution in [-0.2, 0) is 0 Å². The highest BCUT2D eigenvalue weighted by atomic mass is 13.8. The van der Waals surface area contributed by atoms with Crippen molar-refractivity contribution in [3.8, 4) is 0 Å². The molecule has 1 radical (unpaired) electrons. The average Bonchev–Trinajstić information content (AvgIpc) is 2.62. The molecule has 0 aromatic carbocycles. The van der Waals surface area contributed by atoms with Crippen molar-refractivity contribution < 1.29 is 0 Å². The minimum Gasteiger partial charge on any atom is -0.0845 e. The fraction of sp³-hybridized carbons (Fsp3) is 0.120. The Bertz CT molecular complexity index is 580. The van der Waals surface area contributed by atoms with Crippen LogP contribution in [0.3, 0.4) is 0 Å². The van der Waals surface area contributed by atoms with Gasteiger partial charge in [0, 0.05) is 0 Å². The van der Waals surface area contributed by atoms with Crippen LogP contribution in [-0.4, -0.2) is 0 Å². The highest BCUT2D eigenvalue weighted by Crippen LogP contribution is 1.98. The van der Waals surface area contributed by atoms with Crippen molar-refractivity contribution in [3.05, 3.63) is 134 Å². The van der Waals surface area contributed by atoms with E-state index in [1.54, 1.807) is 0 Å². The topological polar surface area (TPSA) is 0 Å². The van der Waals surface area contributed by atoms with Crippen LogP contribution in [0, 0.1) is 6.08 Å². The number of hydrogen-bond donors (Lipinski definition) is 0. The van der Waals surface area contributed by atoms with Gasteiger partial charge in [0.25, 0.3) is 0 Å². The number of hydrogen-bond acceptors (Lipinski definition) is 0. The van der Waals surface area contributed by atoms with Crippen molar-refractivity contribution in [1.29, 1.82) is 0 Å². The Morgan fingerprint density at radius 3 is 1.20 bits per heavy atom. The molecule has 0 saturated carbocycles. The standard InChI is InChI=1S/C25H27/c1-2-4-6-8-10-12-14-16-18-20-22-24-25-23-21-19-17-15-13-11-9-7-5-3-1/h1-21H,22,24-25H2/b3-1-,4-2-,7-5-,8-6-,11-9-,12-10-,15-13-,16-14-,19-17-,20-18-,23-21?. The van der Waals surface area contributed by atoms with Crippen molar-refractivity contribution >= 4 is 0 Å². The molecule has 0 nitrogen and oxygen atoms in total. The first kappa shape index (κ1) is 20.2. The monoisotopic (exact) mass is 327 g/mol. The second-order valence-electron chi connectivity index (χ2n) is 5.16. The molecule has 0 atom stereocenters. The lowest BCUT2D eigenvalue weighted by molar-refractivity contribution is 0.855. The van der Waals surface area contributed by atoms with Crippen LogP contribution in [0.15, 0.2) is 128 Å². The van der Waals surface area contributed by atoms with Crippen molar-refractivity contribution in [3.63, 3.8) is 0 Å². The SMILES string of the molecule is [C]1=C/C=C\C=C/C=C\C=C/C=C\C=C/C=C\C=C/C=C\C=C/CCC\1. The zero-order valence-electron chi connectivity index (χ0n) is 14.7. The van der Waals surface area contributed by atoms with Crippen LogP contribution < -0.4 is 0 Å². The Hall–Kier alpha value is -2.86. The Morgan fingerprint density at radius 2 is 0.760 bits per heavy atom. The third-order valence-electron chi connectivity index (χ3n) is 3.04. The van der Waals surface area contributed by atoms with E-state index < -0.39 is 0 Å². The third kappa shape index (κ3) is 15.8. The molecule has 1 rings (SSSR count). The lowest BCUT2D eigenvalue weighted by Gasteiger charge is -1.87. The Labute approximate surface area is 153 Å². The summed E-state index contributed by atoms with van der Waals surface area (Å²) < 4.78 is 0. The first-order chi connectivity index (χ1) is 12.5. The van der Waals surface area contributed by atoms with Gasteiger partial charge in [-0.05, 0) is 25.3 Å². The van der Waals surface area contributed by atoms with E-state index in [9.17, 15) is 0 Å². The molecule has 1 aliphatic rings. The predicted octanol–water partition coefficient (Wildman–Crippen LogP) is 7.09. The summed E-state index contributed by atoms with van der Waals surface area (Å²) in [6, 6.07) is 0. The number of allylic oxidation sites excluding steroid dienone is 22. The first-order valence-electron chi connectivity index (χ1n) is 8.72. The molecule has 0 amide bonds. The Morgan fingerprint density at radius 1 is 0.400 bits per heavy atom. The van der Waals surface area contributed by atoms with Crippen molar-refractivity contribution in [2.45, 2.75) is 19.3 Å². The summed E-state index contributed by atoms with van der Waals surface area (Å²) in [6.45, 7) is 0. The summed E-state index contributed by atoms with van der Waals surface area (Å²) in [7, 11) is 0. The van der Waals surface area contributed by atoms with Crippen LogP contribution in [0.2, 0.25) is 0 Å². The fourth-order valence-corrected chi connectivity index (χ4v) is 1.79. The van der Waals surface area contributed by atoms with E-state index >= 15 is 0 Å². The van der Waals surface area contributed by atoms with Gasteiger partial charge >= 0.3 is 0 Å². The van der Waals surface area contributed by atoms with Gasteiger partial charge in [0.15, 0.2) is 0 Å². The summed E-state index contributed by atoms with van der Waals surface area (Å²) in [5.74, 6) is 0. The third-order valence-corrected chi connectivity index (χ3v) is 3.04. The van der Waals surface area contributed by atoms with Gasteiger partial charge in [-0.3, -0.25) is 0 Å². The van der Waals surface area contributed by atoms with Crippen LogP contribution in [0.5, 0.6) is 0 Å². The molecule has 0 bridgehead atoms. The van der Waals surface area contributed by atoms with E-state index in [0.29, 0.717) is 0 Å². The van der Waals surface area contributed by atoms with E-state index in [1.165, 1.54) is 0 Å². The van der Waals surface area contributed by atoms with E-state index in [-0.39, 0.29) is 0 Å². The summed E-state index contributed by atoms with van der Waals surface area (Å²) in [5, 5.41) is 0. The molecule has 0 aliphatic heterocycles. The van der Waals surface area contributed by atoms with Gasteiger partial charge in [-0.2, -0.15) is 0 Å². The molecule has 0 heterocycles. The molecule has 0 N–H and O–H groups in total. The summed E-state index contributed by atoms with van der Waals surface area (Å²) in [4.78, 5) is 0. The molecule has 0 heteroatoms. The molecule has 127 valence electrons. The van der Waals surface area contributed by atoms with E-state index in [4.69, 9.17) is 0 Å². The van der Waals surface area contributed by atoms with Gasteiger partial charge in [-0.1, -0.05) is 128 Å². The minimum atomic E-state index is 0.985. The average molecular weight is 327 g/mol. The smallest absolute Gasteiger partial charge is 0.0273 e. The maximum atomic E-state index is 3.28. The lowest BCUT2D eigenvalue weighted by Crippen LogP contribution is -1.68. The van der Waals surface area contributed by atoms with Crippen LogP contribution in [0.4, 0.5) is 0 Å². The van der Waals surface area contributed by atoms with E-state index in [2.05, 4.69) is 24.3 Å². The fourth-order valence-electron chi connectivity index (χ4n) is 1.79. The van der Waals surface area contributed by atoms with Crippen LogP contribution in [0.25, 0.3) is 0 Å². The molecule has 25 heavy (non-hydrogen) atoms. The molecular weight excluding hydrogens is 300 g/mol. The molecule has 1 aliphatic carbocycles. The zero-order valence-corrected chi connectivity index (χ0v) is 14.7. The lowest BCUT2D eigenvalue weighted by atomic mass is 10.2. The largest absolute Gasteiger partial charge is 0.0845 e. The van der Waals surface area contributed by atoms with Crippen molar-refractivity contribution in [2.24, 2.45) is 0 Å². The summed E-state index contributed by atoms with van der Waals surface area (Å²) in [5.41, 5.74) is 0. The quantitative estimate of drug-likeness (QED) is 0.445. The van der Waals surface area contributed by atoms with Gasteiger partial charge in [0.1, 0.15) is 0 Å². The Balaban J connectivity index is 2.57. The molecular formula is C25H27. The van der Waals surface area contributed by atoms with Gasteiger partial charge in [0.2, 0.25) is 0 Å². The molecule has 0 unspecified atom stereocenters. The maximum Gasteiger partial charge on any atom is -0.0273 e. The predicted molar refractivity (Wildman–Crippen MR) is 113 cm³/mol. The Kier molecular flexibility index (Phi) is 14.1. The zero-order chi connectivity index (χ0) is 17.7. The molecule has 0 spiro atoms. The van der Waals surface area contributed by atoms with Crippen LogP contribution >= 0.6 is 0 Å². The van der Waals surface area contributed by atoms with E-state index in [0.717, 1.165) is 19.3 Å². The van der Waals surface area contributed by atoms with Crippen molar-refractivity contribution in [2.75, 3.05) is 0 Å². The van der Waals surface area contributed by atoms with Gasteiger partial charge in [-0.15, -0.1) is 0 Å². The molecule has 0 fully saturated rings. The molecule has 0 aromatic heterocycles. The molecule has 0 aromatic rings. The second-order valence-corrected chi connectivity index (χ2v) is 5.16. The molecule has 0 saturated heterocycles.